The first-order chi connectivity index (χ1) is 14.1. The van der Waals surface area contributed by atoms with Crippen LogP contribution in [0.15, 0.2) is 48.8 Å². The van der Waals surface area contributed by atoms with Gasteiger partial charge in [0.05, 0.1) is 10.6 Å². The minimum absolute atomic E-state index is 0.0109. The zero-order chi connectivity index (χ0) is 20.3. The second-order valence-corrected chi connectivity index (χ2v) is 8.55. The van der Waals surface area contributed by atoms with Crippen molar-refractivity contribution in [2.75, 3.05) is 19.6 Å². The number of piperidine rings is 1. The fourth-order valence-electron chi connectivity index (χ4n) is 4.41. The van der Waals surface area contributed by atoms with Gasteiger partial charge in [-0.05, 0) is 67.3 Å². The van der Waals surface area contributed by atoms with Crippen LogP contribution in [0.1, 0.15) is 41.6 Å². The Morgan fingerprint density at radius 1 is 1.14 bits per heavy atom. The van der Waals surface area contributed by atoms with Crippen molar-refractivity contribution in [1.82, 2.24) is 15.2 Å². The minimum atomic E-state index is -0.0109. The van der Waals surface area contributed by atoms with Crippen molar-refractivity contribution in [3.05, 3.63) is 64.9 Å². The van der Waals surface area contributed by atoms with E-state index in [0.717, 1.165) is 32.1 Å². The number of likely N-dealkylation sites (tertiary alicyclic amines) is 1. The SMILES string of the molecule is O=C(NCCCc1ccncc1)[C@@H]1CC12CCN(C(=O)c1ccccc1Cl)CC2. The lowest BCUT2D eigenvalue weighted by molar-refractivity contribution is -0.123. The summed E-state index contributed by atoms with van der Waals surface area (Å²) in [4.78, 5) is 31.2. The molecule has 1 saturated heterocycles. The maximum absolute atomic E-state index is 12.7. The summed E-state index contributed by atoms with van der Waals surface area (Å²) < 4.78 is 0. The van der Waals surface area contributed by atoms with Crippen LogP contribution in [0.4, 0.5) is 0 Å². The zero-order valence-electron chi connectivity index (χ0n) is 16.4. The van der Waals surface area contributed by atoms with Crippen LogP contribution in [0.5, 0.6) is 0 Å². The summed E-state index contributed by atoms with van der Waals surface area (Å²) >= 11 is 6.17. The highest BCUT2D eigenvalue weighted by molar-refractivity contribution is 6.33. The number of pyridine rings is 1. The Labute approximate surface area is 176 Å². The van der Waals surface area contributed by atoms with E-state index in [9.17, 15) is 9.59 Å². The molecule has 0 bridgehead atoms. The standard InChI is InChI=1S/C23H26ClN3O2/c24-20-6-2-1-5-18(20)22(29)27-14-9-23(10-15-27)16-19(23)21(28)26-11-3-4-17-7-12-25-13-8-17/h1-2,5-8,12-13,19H,3-4,9-11,14-16H2,(H,26,28)/t19-/m0/s1. The van der Waals surface area contributed by atoms with Crippen LogP contribution in [0.2, 0.25) is 5.02 Å². The predicted molar refractivity (Wildman–Crippen MR) is 113 cm³/mol. The smallest absolute Gasteiger partial charge is 0.255 e. The maximum Gasteiger partial charge on any atom is 0.255 e. The number of amides is 2. The van der Waals surface area contributed by atoms with E-state index in [0.29, 0.717) is 30.2 Å². The first-order valence-electron chi connectivity index (χ1n) is 10.3. The van der Waals surface area contributed by atoms with E-state index >= 15 is 0 Å². The number of aryl methyl sites for hydroxylation is 1. The average Bonchev–Trinajstić information content (AvgIpc) is 3.45. The van der Waals surface area contributed by atoms with E-state index in [1.807, 2.05) is 29.2 Å². The van der Waals surface area contributed by atoms with Crippen LogP contribution >= 0.6 is 11.6 Å². The van der Waals surface area contributed by atoms with Gasteiger partial charge < -0.3 is 10.2 Å². The molecule has 2 aliphatic rings. The molecule has 1 saturated carbocycles. The Morgan fingerprint density at radius 2 is 1.86 bits per heavy atom. The topological polar surface area (TPSA) is 62.3 Å². The largest absolute Gasteiger partial charge is 0.356 e. The van der Waals surface area contributed by atoms with Gasteiger partial charge in [0.15, 0.2) is 0 Å². The van der Waals surface area contributed by atoms with Crippen LogP contribution in [0, 0.1) is 11.3 Å². The summed E-state index contributed by atoms with van der Waals surface area (Å²) in [5, 5.41) is 3.59. The molecule has 6 heteroatoms. The summed E-state index contributed by atoms with van der Waals surface area (Å²) in [7, 11) is 0. The Kier molecular flexibility index (Phi) is 5.86. The molecule has 29 heavy (non-hydrogen) atoms. The number of aromatic nitrogens is 1. The van der Waals surface area contributed by atoms with Crippen molar-refractivity contribution in [2.24, 2.45) is 11.3 Å². The lowest BCUT2D eigenvalue weighted by atomic mass is 9.90. The number of benzene rings is 1. The summed E-state index contributed by atoms with van der Waals surface area (Å²) in [5.41, 5.74) is 1.89. The third-order valence-corrected chi connectivity index (χ3v) is 6.68. The van der Waals surface area contributed by atoms with E-state index in [2.05, 4.69) is 10.3 Å². The fourth-order valence-corrected chi connectivity index (χ4v) is 4.62. The van der Waals surface area contributed by atoms with Crippen LogP contribution in [0.3, 0.4) is 0 Å². The number of hydrogen-bond donors (Lipinski definition) is 1. The van der Waals surface area contributed by atoms with Gasteiger partial charge >= 0.3 is 0 Å². The first-order valence-corrected chi connectivity index (χ1v) is 10.7. The Hall–Kier alpha value is -2.40. The van der Waals surface area contributed by atoms with Gasteiger partial charge in [-0.25, -0.2) is 0 Å². The number of halogens is 1. The lowest BCUT2D eigenvalue weighted by Gasteiger charge is -2.33. The Morgan fingerprint density at radius 3 is 2.59 bits per heavy atom. The van der Waals surface area contributed by atoms with Gasteiger partial charge in [-0.1, -0.05) is 23.7 Å². The molecule has 2 amide bonds. The molecule has 0 unspecified atom stereocenters. The number of hydrogen-bond acceptors (Lipinski definition) is 3. The number of carbonyl (C=O) groups is 2. The van der Waals surface area contributed by atoms with Crippen LogP contribution < -0.4 is 5.32 Å². The normalized spacial score (nSPS) is 19.8. The van der Waals surface area contributed by atoms with Crippen LogP contribution in [0.25, 0.3) is 0 Å². The van der Waals surface area contributed by atoms with Crippen LogP contribution in [-0.4, -0.2) is 41.3 Å². The van der Waals surface area contributed by atoms with Crippen molar-refractivity contribution < 1.29 is 9.59 Å². The molecule has 152 valence electrons. The molecule has 1 aromatic heterocycles. The molecule has 1 atom stereocenters. The monoisotopic (exact) mass is 411 g/mol. The third-order valence-electron chi connectivity index (χ3n) is 6.35. The fraction of sp³-hybridized carbons (Fsp3) is 0.435. The molecule has 1 aliphatic heterocycles. The zero-order valence-corrected chi connectivity index (χ0v) is 17.2. The van der Waals surface area contributed by atoms with Crippen molar-refractivity contribution >= 4 is 23.4 Å². The van der Waals surface area contributed by atoms with Crippen molar-refractivity contribution in [1.29, 1.82) is 0 Å². The van der Waals surface area contributed by atoms with Gasteiger partial charge in [-0.3, -0.25) is 14.6 Å². The van der Waals surface area contributed by atoms with E-state index in [1.165, 1.54) is 5.56 Å². The van der Waals surface area contributed by atoms with Gasteiger partial charge in [-0.2, -0.15) is 0 Å². The highest BCUT2D eigenvalue weighted by atomic mass is 35.5. The molecule has 1 spiro atoms. The lowest BCUT2D eigenvalue weighted by Crippen LogP contribution is -2.40. The van der Waals surface area contributed by atoms with Crippen molar-refractivity contribution in [2.45, 2.75) is 32.1 Å². The second kappa shape index (κ2) is 8.54. The second-order valence-electron chi connectivity index (χ2n) is 8.14. The van der Waals surface area contributed by atoms with E-state index in [-0.39, 0.29) is 23.1 Å². The molecule has 1 aromatic carbocycles. The summed E-state index contributed by atoms with van der Waals surface area (Å²) in [6.45, 7) is 2.08. The number of nitrogens with one attached hydrogen (secondary N) is 1. The first kappa shape index (κ1) is 19.9. The summed E-state index contributed by atoms with van der Waals surface area (Å²) in [5.74, 6) is 0.259. The minimum Gasteiger partial charge on any atom is -0.356 e. The molecule has 2 fully saturated rings. The van der Waals surface area contributed by atoms with Gasteiger partial charge in [0.1, 0.15) is 0 Å². The maximum atomic E-state index is 12.7. The number of nitrogens with zero attached hydrogens (tertiary/aromatic N) is 2. The van der Waals surface area contributed by atoms with Gasteiger partial charge in [-0.15, -0.1) is 0 Å². The van der Waals surface area contributed by atoms with Crippen molar-refractivity contribution in [3.8, 4) is 0 Å². The number of rotatable bonds is 6. The molecule has 1 N–H and O–H groups in total. The average molecular weight is 412 g/mol. The molecule has 5 nitrogen and oxygen atoms in total. The van der Waals surface area contributed by atoms with Gasteiger partial charge in [0.2, 0.25) is 5.91 Å². The molecule has 1 aliphatic carbocycles. The Bertz CT molecular complexity index is 879. The molecular formula is C23H26ClN3O2. The van der Waals surface area contributed by atoms with E-state index in [1.54, 1.807) is 24.5 Å². The van der Waals surface area contributed by atoms with Gasteiger partial charge in [0.25, 0.3) is 5.91 Å². The molecular weight excluding hydrogens is 386 g/mol. The van der Waals surface area contributed by atoms with E-state index < -0.39 is 0 Å². The molecule has 4 rings (SSSR count). The summed E-state index contributed by atoms with van der Waals surface area (Å²) in [6.07, 6.45) is 8.18. The molecule has 2 heterocycles. The molecule has 0 radical (unpaired) electrons. The van der Waals surface area contributed by atoms with Gasteiger partial charge in [0, 0.05) is 37.9 Å². The predicted octanol–water partition coefficient (Wildman–Crippen LogP) is 3.73. The van der Waals surface area contributed by atoms with Crippen molar-refractivity contribution in [3.63, 3.8) is 0 Å². The van der Waals surface area contributed by atoms with Crippen LogP contribution in [-0.2, 0) is 11.2 Å². The number of carbonyl (C=O) groups excluding carboxylic acids is 2. The Balaban J connectivity index is 1.21. The highest BCUT2D eigenvalue weighted by Gasteiger charge is 2.58. The van der Waals surface area contributed by atoms with E-state index in [4.69, 9.17) is 11.6 Å². The third kappa shape index (κ3) is 4.45. The molecule has 2 aromatic rings. The highest BCUT2D eigenvalue weighted by Crippen LogP contribution is 2.59. The quantitative estimate of drug-likeness (QED) is 0.737. The summed E-state index contributed by atoms with van der Waals surface area (Å²) in [6, 6.07) is 11.2.